The molecule has 1 aliphatic heterocycles. The third kappa shape index (κ3) is 3.70. The number of nitrogens with zero attached hydrogens (tertiary/aromatic N) is 2. The second kappa shape index (κ2) is 5.95. The molecule has 4 heteroatoms. The molecule has 1 fully saturated rings. The van der Waals surface area contributed by atoms with Gasteiger partial charge in [-0.1, -0.05) is 13.3 Å². The molecule has 0 spiro atoms. The van der Waals surface area contributed by atoms with E-state index >= 15 is 0 Å². The Bertz CT molecular complexity index is 213. The molecule has 0 saturated carbocycles. The Hall–Kier alpha value is -0.770. The van der Waals surface area contributed by atoms with Crippen molar-refractivity contribution in [3.05, 3.63) is 0 Å². The fourth-order valence-corrected chi connectivity index (χ4v) is 2.05. The van der Waals surface area contributed by atoms with Gasteiger partial charge in [-0.15, -0.1) is 0 Å². The van der Waals surface area contributed by atoms with Crippen LogP contribution in [-0.4, -0.2) is 30.0 Å². The molecular weight excluding hydrogens is 188 g/mol. The standard InChI is InChI=1S/C11H24N4/c1-4-10-6-5-7-15(8-10)11(14-12)13-9(2)3/h9-10H,4-8,12H2,1-3H3,(H,13,14). The van der Waals surface area contributed by atoms with Crippen LogP contribution >= 0.6 is 0 Å². The molecule has 1 aliphatic rings. The number of piperidine rings is 1. The number of guanidine groups is 1. The molecular formula is C11H24N4. The number of hydrogen-bond acceptors (Lipinski definition) is 2. The maximum absolute atomic E-state index is 5.52. The van der Waals surface area contributed by atoms with Crippen LogP contribution in [0.2, 0.25) is 0 Å². The van der Waals surface area contributed by atoms with Crippen LogP contribution in [0, 0.1) is 5.92 Å². The fourth-order valence-electron chi connectivity index (χ4n) is 2.05. The van der Waals surface area contributed by atoms with E-state index in [4.69, 9.17) is 5.84 Å². The maximum atomic E-state index is 5.52. The average molecular weight is 212 g/mol. The Morgan fingerprint density at radius 2 is 2.33 bits per heavy atom. The summed E-state index contributed by atoms with van der Waals surface area (Å²) in [5.41, 5.74) is 2.72. The Kier molecular flexibility index (Phi) is 4.88. The van der Waals surface area contributed by atoms with Crippen LogP contribution in [0.25, 0.3) is 0 Å². The van der Waals surface area contributed by atoms with E-state index in [0.717, 1.165) is 25.0 Å². The SMILES string of the molecule is CCC1CCCN(C(=NC(C)C)NN)C1. The third-order valence-corrected chi connectivity index (χ3v) is 2.91. The first-order valence-electron chi connectivity index (χ1n) is 5.96. The molecule has 3 N–H and O–H groups in total. The molecule has 0 bridgehead atoms. The molecule has 1 unspecified atom stereocenters. The summed E-state index contributed by atoms with van der Waals surface area (Å²) in [5, 5.41) is 0. The summed E-state index contributed by atoms with van der Waals surface area (Å²) in [6.07, 6.45) is 3.83. The van der Waals surface area contributed by atoms with Gasteiger partial charge in [0.05, 0.1) is 0 Å². The van der Waals surface area contributed by atoms with Crippen molar-refractivity contribution in [3.63, 3.8) is 0 Å². The highest BCUT2D eigenvalue weighted by Crippen LogP contribution is 2.19. The lowest BCUT2D eigenvalue weighted by Gasteiger charge is -2.34. The van der Waals surface area contributed by atoms with Crippen molar-refractivity contribution >= 4 is 5.96 Å². The molecule has 1 saturated heterocycles. The summed E-state index contributed by atoms with van der Waals surface area (Å²) in [5.74, 6) is 7.16. The molecule has 4 nitrogen and oxygen atoms in total. The van der Waals surface area contributed by atoms with Gasteiger partial charge in [-0.2, -0.15) is 0 Å². The molecule has 88 valence electrons. The van der Waals surface area contributed by atoms with E-state index in [1.54, 1.807) is 0 Å². The van der Waals surface area contributed by atoms with Gasteiger partial charge in [-0.05, 0) is 32.6 Å². The van der Waals surface area contributed by atoms with Gasteiger partial charge in [-0.3, -0.25) is 5.43 Å². The first kappa shape index (κ1) is 12.3. The number of hydrogen-bond donors (Lipinski definition) is 2. The van der Waals surface area contributed by atoms with Gasteiger partial charge in [-0.25, -0.2) is 10.8 Å². The summed E-state index contributed by atoms with van der Waals surface area (Å²) in [6.45, 7) is 8.55. The Labute approximate surface area is 92.9 Å². The van der Waals surface area contributed by atoms with Crippen LogP contribution in [-0.2, 0) is 0 Å². The summed E-state index contributed by atoms with van der Waals surface area (Å²) in [6, 6.07) is 0.290. The number of nitrogens with one attached hydrogen (secondary N) is 1. The molecule has 1 rings (SSSR count). The Balaban J connectivity index is 2.60. The highest BCUT2D eigenvalue weighted by Gasteiger charge is 2.20. The van der Waals surface area contributed by atoms with Gasteiger partial charge in [0.1, 0.15) is 0 Å². The van der Waals surface area contributed by atoms with Crippen LogP contribution in [0.3, 0.4) is 0 Å². The highest BCUT2D eigenvalue weighted by molar-refractivity contribution is 5.79. The quantitative estimate of drug-likeness (QED) is 0.314. The summed E-state index contributed by atoms with van der Waals surface area (Å²) in [7, 11) is 0. The minimum Gasteiger partial charge on any atom is -0.342 e. The molecule has 0 aromatic carbocycles. The van der Waals surface area contributed by atoms with Crippen LogP contribution in [0.15, 0.2) is 4.99 Å². The lowest BCUT2D eigenvalue weighted by atomic mass is 9.96. The lowest BCUT2D eigenvalue weighted by molar-refractivity contribution is 0.246. The van der Waals surface area contributed by atoms with Crippen LogP contribution < -0.4 is 11.3 Å². The van der Waals surface area contributed by atoms with Gasteiger partial charge < -0.3 is 4.90 Å². The largest absolute Gasteiger partial charge is 0.342 e. The topological polar surface area (TPSA) is 53.6 Å². The van der Waals surface area contributed by atoms with Crippen molar-refractivity contribution in [1.29, 1.82) is 0 Å². The van der Waals surface area contributed by atoms with E-state index in [1.165, 1.54) is 19.3 Å². The maximum Gasteiger partial charge on any atom is 0.208 e. The van der Waals surface area contributed by atoms with Crippen LogP contribution in [0.1, 0.15) is 40.0 Å². The number of nitrogens with two attached hydrogens (primary N) is 1. The van der Waals surface area contributed by atoms with Gasteiger partial charge in [0.25, 0.3) is 0 Å². The molecule has 15 heavy (non-hydrogen) atoms. The first-order valence-corrected chi connectivity index (χ1v) is 5.96. The summed E-state index contributed by atoms with van der Waals surface area (Å²) < 4.78 is 0. The number of hydrazine groups is 1. The van der Waals surface area contributed by atoms with E-state index in [0.29, 0.717) is 0 Å². The van der Waals surface area contributed by atoms with Gasteiger partial charge in [0.15, 0.2) is 0 Å². The van der Waals surface area contributed by atoms with E-state index in [-0.39, 0.29) is 6.04 Å². The van der Waals surface area contributed by atoms with Gasteiger partial charge in [0.2, 0.25) is 5.96 Å². The van der Waals surface area contributed by atoms with E-state index in [2.05, 4.69) is 36.1 Å². The molecule has 0 aromatic heterocycles. The minimum absolute atomic E-state index is 0.290. The summed E-state index contributed by atoms with van der Waals surface area (Å²) in [4.78, 5) is 6.77. The second-order valence-electron chi connectivity index (χ2n) is 4.55. The average Bonchev–Trinajstić information content (AvgIpc) is 2.25. The van der Waals surface area contributed by atoms with Crippen molar-refractivity contribution in [2.24, 2.45) is 16.8 Å². The third-order valence-electron chi connectivity index (χ3n) is 2.91. The summed E-state index contributed by atoms with van der Waals surface area (Å²) >= 11 is 0. The zero-order chi connectivity index (χ0) is 11.3. The lowest BCUT2D eigenvalue weighted by Crippen LogP contribution is -2.49. The molecule has 0 amide bonds. The Morgan fingerprint density at radius 3 is 2.87 bits per heavy atom. The van der Waals surface area contributed by atoms with E-state index in [1.807, 2.05) is 0 Å². The van der Waals surface area contributed by atoms with E-state index < -0.39 is 0 Å². The molecule has 0 aliphatic carbocycles. The van der Waals surface area contributed by atoms with Crippen molar-refractivity contribution in [3.8, 4) is 0 Å². The van der Waals surface area contributed by atoms with Crippen molar-refractivity contribution in [2.45, 2.75) is 46.1 Å². The van der Waals surface area contributed by atoms with Crippen molar-refractivity contribution < 1.29 is 0 Å². The molecule has 1 atom stereocenters. The number of likely N-dealkylation sites (tertiary alicyclic amines) is 1. The van der Waals surface area contributed by atoms with Gasteiger partial charge in [0, 0.05) is 19.1 Å². The highest BCUT2D eigenvalue weighted by atomic mass is 15.4. The predicted octanol–water partition coefficient (Wildman–Crippen LogP) is 1.34. The zero-order valence-corrected chi connectivity index (χ0v) is 10.2. The molecule has 1 heterocycles. The minimum atomic E-state index is 0.290. The number of rotatable bonds is 2. The fraction of sp³-hybridized carbons (Fsp3) is 0.909. The monoisotopic (exact) mass is 212 g/mol. The van der Waals surface area contributed by atoms with E-state index in [9.17, 15) is 0 Å². The zero-order valence-electron chi connectivity index (χ0n) is 10.2. The smallest absolute Gasteiger partial charge is 0.208 e. The molecule has 0 aromatic rings. The van der Waals surface area contributed by atoms with Crippen LogP contribution in [0.4, 0.5) is 0 Å². The van der Waals surface area contributed by atoms with Crippen molar-refractivity contribution in [1.82, 2.24) is 10.3 Å². The van der Waals surface area contributed by atoms with Crippen LogP contribution in [0.5, 0.6) is 0 Å². The van der Waals surface area contributed by atoms with Gasteiger partial charge >= 0.3 is 0 Å². The normalized spacial score (nSPS) is 23.4. The molecule has 0 radical (unpaired) electrons. The Morgan fingerprint density at radius 1 is 1.60 bits per heavy atom. The number of aliphatic imine (C=N–C) groups is 1. The van der Waals surface area contributed by atoms with Crippen molar-refractivity contribution in [2.75, 3.05) is 13.1 Å². The predicted molar refractivity (Wildman–Crippen MR) is 64.5 cm³/mol. The second-order valence-corrected chi connectivity index (χ2v) is 4.55. The first-order chi connectivity index (χ1) is 7.17.